The van der Waals surface area contributed by atoms with Crippen LogP contribution in [0.15, 0.2) is 30.3 Å². The fourth-order valence-corrected chi connectivity index (χ4v) is 1.44. The molecule has 0 aliphatic carbocycles. The molecule has 0 radical (unpaired) electrons. The molecule has 4 nitrogen and oxygen atoms in total. The van der Waals surface area contributed by atoms with E-state index in [9.17, 15) is 0 Å². The molecule has 0 spiro atoms. The average molecular weight is 203 g/mol. The van der Waals surface area contributed by atoms with E-state index in [1.807, 2.05) is 31.2 Å². The first kappa shape index (κ1) is 9.58. The van der Waals surface area contributed by atoms with Gasteiger partial charge in [0, 0.05) is 6.07 Å². The SMILES string of the molecule is COc1cc(N)n(-c2cccc(C)c2)n1. The van der Waals surface area contributed by atoms with Gasteiger partial charge in [0.15, 0.2) is 0 Å². The molecule has 0 aliphatic heterocycles. The molecular weight excluding hydrogens is 190 g/mol. The molecule has 0 saturated carbocycles. The first-order valence-corrected chi connectivity index (χ1v) is 4.67. The van der Waals surface area contributed by atoms with E-state index in [2.05, 4.69) is 5.10 Å². The van der Waals surface area contributed by atoms with Crippen molar-refractivity contribution >= 4 is 5.82 Å². The average Bonchev–Trinajstić information content (AvgIpc) is 2.60. The summed E-state index contributed by atoms with van der Waals surface area (Å²) in [5.74, 6) is 1.09. The fourth-order valence-electron chi connectivity index (χ4n) is 1.44. The Balaban J connectivity index is 2.48. The second kappa shape index (κ2) is 3.65. The number of rotatable bonds is 2. The van der Waals surface area contributed by atoms with Crippen molar-refractivity contribution < 1.29 is 4.74 Å². The molecule has 2 rings (SSSR count). The number of nitrogen functional groups attached to an aromatic ring is 1. The van der Waals surface area contributed by atoms with Crippen molar-refractivity contribution in [2.45, 2.75) is 6.92 Å². The lowest BCUT2D eigenvalue weighted by molar-refractivity contribution is 0.394. The first-order valence-electron chi connectivity index (χ1n) is 4.67. The smallest absolute Gasteiger partial charge is 0.235 e. The molecular formula is C11H13N3O. The summed E-state index contributed by atoms with van der Waals surface area (Å²) in [7, 11) is 1.57. The van der Waals surface area contributed by atoms with Crippen LogP contribution in [0.5, 0.6) is 5.88 Å². The Morgan fingerprint density at radius 3 is 2.73 bits per heavy atom. The molecule has 0 bridgehead atoms. The molecule has 2 N–H and O–H groups in total. The monoisotopic (exact) mass is 203 g/mol. The maximum atomic E-state index is 5.82. The minimum absolute atomic E-state index is 0.522. The van der Waals surface area contributed by atoms with Crippen molar-refractivity contribution in [3.05, 3.63) is 35.9 Å². The predicted octanol–water partition coefficient (Wildman–Crippen LogP) is 1.77. The molecule has 0 saturated heterocycles. The number of nitrogens with zero attached hydrogens (tertiary/aromatic N) is 2. The third kappa shape index (κ3) is 1.79. The summed E-state index contributed by atoms with van der Waals surface area (Å²) in [5, 5.41) is 4.21. The number of anilines is 1. The van der Waals surface area contributed by atoms with E-state index >= 15 is 0 Å². The van der Waals surface area contributed by atoms with Gasteiger partial charge in [-0.25, -0.2) is 4.68 Å². The van der Waals surface area contributed by atoms with Crippen LogP contribution in [0.2, 0.25) is 0 Å². The van der Waals surface area contributed by atoms with Crippen molar-refractivity contribution in [3.8, 4) is 11.6 Å². The normalized spacial score (nSPS) is 10.3. The van der Waals surface area contributed by atoms with Crippen LogP contribution in [0, 0.1) is 6.92 Å². The van der Waals surface area contributed by atoms with Crippen molar-refractivity contribution in [2.75, 3.05) is 12.8 Å². The number of methoxy groups -OCH3 is 1. The van der Waals surface area contributed by atoms with Gasteiger partial charge in [-0.05, 0) is 24.6 Å². The van der Waals surface area contributed by atoms with Gasteiger partial charge in [0.1, 0.15) is 5.82 Å². The third-order valence-corrected chi connectivity index (χ3v) is 2.17. The van der Waals surface area contributed by atoms with Crippen molar-refractivity contribution in [1.29, 1.82) is 0 Å². The van der Waals surface area contributed by atoms with Crippen LogP contribution in [-0.4, -0.2) is 16.9 Å². The highest BCUT2D eigenvalue weighted by molar-refractivity contribution is 5.45. The molecule has 2 aromatic rings. The van der Waals surface area contributed by atoms with Gasteiger partial charge in [-0.3, -0.25) is 0 Å². The molecule has 0 unspecified atom stereocenters. The highest BCUT2D eigenvalue weighted by Crippen LogP contribution is 2.18. The Labute approximate surface area is 88.3 Å². The van der Waals surface area contributed by atoms with Crippen LogP contribution >= 0.6 is 0 Å². The summed E-state index contributed by atoms with van der Waals surface area (Å²) in [5.41, 5.74) is 7.93. The zero-order valence-corrected chi connectivity index (χ0v) is 8.77. The maximum absolute atomic E-state index is 5.82. The topological polar surface area (TPSA) is 53.1 Å². The van der Waals surface area contributed by atoms with Gasteiger partial charge in [-0.15, -0.1) is 5.10 Å². The minimum Gasteiger partial charge on any atom is -0.480 e. The number of nitrogens with two attached hydrogens (primary N) is 1. The molecule has 0 aliphatic rings. The Hall–Kier alpha value is -1.97. The Kier molecular flexibility index (Phi) is 2.33. The Morgan fingerprint density at radius 2 is 2.13 bits per heavy atom. The summed E-state index contributed by atoms with van der Waals surface area (Å²) in [4.78, 5) is 0. The zero-order chi connectivity index (χ0) is 10.8. The largest absolute Gasteiger partial charge is 0.480 e. The second-order valence-electron chi connectivity index (χ2n) is 3.36. The van der Waals surface area contributed by atoms with E-state index in [1.165, 1.54) is 5.56 Å². The third-order valence-electron chi connectivity index (χ3n) is 2.17. The minimum atomic E-state index is 0.522. The fraction of sp³-hybridized carbons (Fsp3) is 0.182. The molecule has 0 atom stereocenters. The first-order chi connectivity index (χ1) is 7.20. The highest BCUT2D eigenvalue weighted by atomic mass is 16.5. The lowest BCUT2D eigenvalue weighted by Crippen LogP contribution is -2.01. The van der Waals surface area contributed by atoms with Crippen LogP contribution in [0.1, 0.15) is 5.56 Å². The van der Waals surface area contributed by atoms with Crippen molar-refractivity contribution in [2.24, 2.45) is 0 Å². The molecule has 1 aromatic heterocycles. The highest BCUT2D eigenvalue weighted by Gasteiger charge is 2.06. The van der Waals surface area contributed by atoms with E-state index < -0.39 is 0 Å². The molecule has 0 fully saturated rings. The summed E-state index contributed by atoms with van der Waals surface area (Å²) in [6.07, 6.45) is 0. The summed E-state index contributed by atoms with van der Waals surface area (Å²) in [6.45, 7) is 2.03. The summed E-state index contributed by atoms with van der Waals surface area (Å²) >= 11 is 0. The van der Waals surface area contributed by atoms with Gasteiger partial charge < -0.3 is 10.5 Å². The standard InChI is InChI=1S/C11H13N3O/c1-8-4-3-5-9(6-8)14-10(12)7-11(13-14)15-2/h3-7H,12H2,1-2H3. The molecule has 15 heavy (non-hydrogen) atoms. The van der Waals surface area contributed by atoms with E-state index in [0.717, 1.165) is 5.69 Å². The lowest BCUT2D eigenvalue weighted by atomic mass is 10.2. The van der Waals surface area contributed by atoms with Crippen LogP contribution < -0.4 is 10.5 Å². The Bertz CT molecular complexity index is 476. The Morgan fingerprint density at radius 1 is 1.33 bits per heavy atom. The zero-order valence-electron chi connectivity index (χ0n) is 8.77. The lowest BCUT2D eigenvalue weighted by Gasteiger charge is -2.03. The summed E-state index contributed by atoms with van der Waals surface area (Å²) in [6, 6.07) is 9.67. The molecule has 1 aromatic carbocycles. The van der Waals surface area contributed by atoms with E-state index in [1.54, 1.807) is 17.9 Å². The molecule has 4 heteroatoms. The second-order valence-corrected chi connectivity index (χ2v) is 3.36. The number of hydrogen-bond donors (Lipinski definition) is 1. The predicted molar refractivity (Wildman–Crippen MR) is 59.3 cm³/mol. The van der Waals surface area contributed by atoms with E-state index in [4.69, 9.17) is 10.5 Å². The van der Waals surface area contributed by atoms with Crippen LogP contribution in [-0.2, 0) is 0 Å². The van der Waals surface area contributed by atoms with Gasteiger partial charge in [-0.1, -0.05) is 12.1 Å². The van der Waals surface area contributed by atoms with Crippen LogP contribution in [0.25, 0.3) is 5.69 Å². The van der Waals surface area contributed by atoms with Crippen molar-refractivity contribution in [3.63, 3.8) is 0 Å². The van der Waals surface area contributed by atoms with E-state index in [0.29, 0.717) is 11.7 Å². The number of hydrogen-bond acceptors (Lipinski definition) is 3. The van der Waals surface area contributed by atoms with Crippen molar-refractivity contribution in [1.82, 2.24) is 9.78 Å². The van der Waals surface area contributed by atoms with Gasteiger partial charge in [0.25, 0.3) is 0 Å². The summed E-state index contributed by atoms with van der Waals surface area (Å²) < 4.78 is 6.67. The van der Waals surface area contributed by atoms with Gasteiger partial charge >= 0.3 is 0 Å². The maximum Gasteiger partial charge on any atom is 0.235 e. The number of ether oxygens (including phenoxy) is 1. The van der Waals surface area contributed by atoms with E-state index in [-0.39, 0.29) is 0 Å². The number of aromatic nitrogens is 2. The molecule has 1 heterocycles. The number of benzene rings is 1. The van der Waals surface area contributed by atoms with Gasteiger partial charge in [-0.2, -0.15) is 0 Å². The van der Waals surface area contributed by atoms with Crippen LogP contribution in [0.4, 0.5) is 5.82 Å². The number of aryl methyl sites for hydroxylation is 1. The molecule has 78 valence electrons. The molecule has 0 amide bonds. The van der Waals surface area contributed by atoms with Gasteiger partial charge in [0.05, 0.1) is 12.8 Å². The quantitative estimate of drug-likeness (QED) is 0.809. The van der Waals surface area contributed by atoms with Gasteiger partial charge in [0.2, 0.25) is 5.88 Å². The van der Waals surface area contributed by atoms with Crippen LogP contribution in [0.3, 0.4) is 0 Å².